The van der Waals surface area contributed by atoms with Gasteiger partial charge < -0.3 is 0 Å². The van der Waals surface area contributed by atoms with E-state index in [4.69, 9.17) is 11.6 Å². The number of aryl methyl sites for hydroxylation is 1. The third-order valence-electron chi connectivity index (χ3n) is 2.91. The Labute approximate surface area is 135 Å². The van der Waals surface area contributed by atoms with Crippen molar-refractivity contribution < 1.29 is 9.59 Å². The highest BCUT2D eigenvalue weighted by atomic mass is 35.5. The van der Waals surface area contributed by atoms with E-state index in [1.54, 1.807) is 41.7 Å². The van der Waals surface area contributed by atoms with E-state index in [0.717, 1.165) is 21.5 Å². The van der Waals surface area contributed by atoms with E-state index in [1.165, 1.54) is 4.90 Å². The van der Waals surface area contributed by atoms with Crippen LogP contribution in [0.4, 0.5) is 10.5 Å². The lowest BCUT2D eigenvalue weighted by molar-refractivity contribution is -0.113. The highest BCUT2D eigenvalue weighted by molar-refractivity contribution is 8.19. The second-order valence-corrected chi connectivity index (χ2v) is 7.19. The van der Waals surface area contributed by atoms with Gasteiger partial charge in [-0.2, -0.15) is 0 Å². The summed E-state index contributed by atoms with van der Waals surface area (Å²) in [4.78, 5) is 28.2. The summed E-state index contributed by atoms with van der Waals surface area (Å²) in [6.45, 7) is 2.00. The van der Waals surface area contributed by atoms with Crippen LogP contribution in [-0.2, 0) is 4.79 Å². The van der Waals surface area contributed by atoms with Gasteiger partial charge in [-0.05, 0) is 61.2 Å². The Balaban J connectivity index is 1.92. The van der Waals surface area contributed by atoms with Crippen LogP contribution in [0.3, 0.4) is 0 Å². The molecule has 0 saturated carbocycles. The summed E-state index contributed by atoms with van der Waals surface area (Å²) in [5.74, 6) is -0.293. The predicted octanol–water partition coefficient (Wildman–Crippen LogP) is 4.95. The first-order chi connectivity index (χ1) is 10.0. The molecule has 1 fully saturated rings. The maximum absolute atomic E-state index is 12.4. The zero-order valence-electron chi connectivity index (χ0n) is 11.0. The summed E-state index contributed by atoms with van der Waals surface area (Å²) in [5, 5.41) is 0.275. The molecule has 2 heterocycles. The Morgan fingerprint density at radius 2 is 1.81 bits per heavy atom. The number of rotatable bonds is 2. The quantitative estimate of drug-likeness (QED) is 0.728. The van der Waals surface area contributed by atoms with Gasteiger partial charge in [-0.25, -0.2) is 4.90 Å². The average Bonchev–Trinajstić information content (AvgIpc) is 2.96. The number of thiophene rings is 1. The van der Waals surface area contributed by atoms with Crippen LogP contribution in [0, 0.1) is 6.92 Å². The van der Waals surface area contributed by atoms with Crippen LogP contribution in [0.25, 0.3) is 6.08 Å². The number of carbonyl (C=O) groups is 2. The number of amides is 2. The van der Waals surface area contributed by atoms with Gasteiger partial charge in [-0.15, -0.1) is 11.3 Å². The van der Waals surface area contributed by atoms with Crippen LogP contribution >= 0.6 is 34.7 Å². The Bertz CT molecular complexity index is 749. The molecule has 1 saturated heterocycles. The molecule has 106 valence electrons. The fourth-order valence-electron chi connectivity index (χ4n) is 1.94. The second kappa shape index (κ2) is 5.67. The van der Waals surface area contributed by atoms with Gasteiger partial charge in [0.15, 0.2) is 0 Å². The molecule has 0 atom stereocenters. The molecular formula is C15H10ClNO2S2. The van der Waals surface area contributed by atoms with Crippen LogP contribution in [0.15, 0.2) is 41.3 Å². The molecule has 2 amide bonds. The van der Waals surface area contributed by atoms with E-state index in [9.17, 15) is 9.59 Å². The van der Waals surface area contributed by atoms with Crippen molar-refractivity contribution in [3.63, 3.8) is 0 Å². The minimum Gasteiger partial charge on any atom is -0.268 e. The summed E-state index contributed by atoms with van der Waals surface area (Å²) in [5.41, 5.74) is 0.535. The number of hydrogen-bond acceptors (Lipinski definition) is 4. The predicted molar refractivity (Wildman–Crippen MR) is 89.0 cm³/mol. The van der Waals surface area contributed by atoms with Crippen molar-refractivity contribution in [2.45, 2.75) is 6.92 Å². The number of benzene rings is 1. The third kappa shape index (κ3) is 2.90. The third-order valence-corrected chi connectivity index (χ3v) is 4.98. The number of anilines is 1. The molecule has 0 aliphatic carbocycles. The summed E-state index contributed by atoms with van der Waals surface area (Å²) < 4.78 is 0. The van der Waals surface area contributed by atoms with Gasteiger partial charge in [0.25, 0.3) is 11.1 Å². The molecule has 0 N–H and O–H groups in total. The minimum absolute atomic E-state index is 0.290. The second-order valence-electron chi connectivity index (χ2n) is 4.44. The summed E-state index contributed by atoms with van der Waals surface area (Å²) in [6.07, 6.45) is 1.76. The highest BCUT2D eigenvalue weighted by Crippen LogP contribution is 2.36. The molecule has 3 rings (SSSR count). The minimum atomic E-state index is -0.293. The number of hydrogen-bond donors (Lipinski definition) is 0. The first-order valence-corrected chi connectivity index (χ1v) is 8.15. The van der Waals surface area contributed by atoms with Crippen LogP contribution in [0.2, 0.25) is 5.02 Å². The smallest absolute Gasteiger partial charge is 0.268 e. The standard InChI is InChI=1S/C15H10ClNO2S2/c1-9-2-7-12(20-9)8-13-14(18)17(15(19)21-13)11-5-3-10(16)4-6-11/h2-8H,1H3. The zero-order chi connectivity index (χ0) is 15.0. The molecule has 0 radical (unpaired) electrons. The first-order valence-electron chi connectivity index (χ1n) is 6.14. The van der Waals surface area contributed by atoms with E-state index in [2.05, 4.69) is 0 Å². The van der Waals surface area contributed by atoms with Gasteiger partial charge in [-0.3, -0.25) is 9.59 Å². The lowest BCUT2D eigenvalue weighted by Gasteiger charge is -2.11. The summed E-state index contributed by atoms with van der Waals surface area (Å²) in [7, 11) is 0. The van der Waals surface area contributed by atoms with Gasteiger partial charge >= 0.3 is 0 Å². The largest absolute Gasteiger partial charge is 0.298 e. The molecular weight excluding hydrogens is 326 g/mol. The molecule has 1 aromatic carbocycles. The molecule has 0 spiro atoms. The van der Waals surface area contributed by atoms with E-state index < -0.39 is 0 Å². The van der Waals surface area contributed by atoms with Crippen molar-refractivity contribution in [1.29, 1.82) is 0 Å². The van der Waals surface area contributed by atoms with Crippen molar-refractivity contribution in [2.75, 3.05) is 4.90 Å². The fourth-order valence-corrected chi connectivity index (χ4v) is 3.79. The monoisotopic (exact) mass is 335 g/mol. The molecule has 21 heavy (non-hydrogen) atoms. The molecule has 0 bridgehead atoms. The number of nitrogens with zero attached hydrogens (tertiary/aromatic N) is 1. The topological polar surface area (TPSA) is 37.4 Å². The van der Waals surface area contributed by atoms with E-state index in [1.807, 2.05) is 19.1 Å². The normalized spacial score (nSPS) is 17.0. The number of carbonyl (C=O) groups excluding carboxylic acids is 2. The average molecular weight is 336 g/mol. The molecule has 6 heteroatoms. The van der Waals surface area contributed by atoms with E-state index in [0.29, 0.717) is 15.6 Å². The van der Waals surface area contributed by atoms with Gasteiger partial charge in [0.05, 0.1) is 10.6 Å². The molecule has 0 unspecified atom stereocenters. The number of thioether (sulfide) groups is 1. The van der Waals surface area contributed by atoms with Crippen molar-refractivity contribution in [1.82, 2.24) is 0 Å². The van der Waals surface area contributed by atoms with Crippen LogP contribution in [-0.4, -0.2) is 11.1 Å². The molecule has 1 aliphatic rings. The van der Waals surface area contributed by atoms with Gasteiger partial charge in [0, 0.05) is 14.8 Å². The number of halogens is 1. The van der Waals surface area contributed by atoms with Crippen LogP contribution < -0.4 is 4.90 Å². The lowest BCUT2D eigenvalue weighted by atomic mass is 10.3. The highest BCUT2D eigenvalue weighted by Gasteiger charge is 2.36. The van der Waals surface area contributed by atoms with Gasteiger partial charge in [0.1, 0.15) is 0 Å². The molecule has 3 nitrogen and oxygen atoms in total. The lowest BCUT2D eigenvalue weighted by Crippen LogP contribution is -2.27. The van der Waals surface area contributed by atoms with E-state index in [-0.39, 0.29) is 11.1 Å². The maximum Gasteiger partial charge on any atom is 0.298 e. The van der Waals surface area contributed by atoms with Crippen molar-refractivity contribution in [3.8, 4) is 0 Å². The van der Waals surface area contributed by atoms with Crippen molar-refractivity contribution >= 4 is 57.6 Å². The first kappa shape index (κ1) is 14.4. The zero-order valence-corrected chi connectivity index (χ0v) is 13.4. The number of imide groups is 1. The van der Waals surface area contributed by atoms with Crippen molar-refractivity contribution in [2.24, 2.45) is 0 Å². The summed E-state index contributed by atoms with van der Waals surface area (Å²) in [6, 6.07) is 10.6. The molecule has 1 aliphatic heterocycles. The molecule has 1 aromatic heterocycles. The Hall–Kier alpha value is -1.56. The van der Waals surface area contributed by atoms with E-state index >= 15 is 0 Å². The van der Waals surface area contributed by atoms with Crippen LogP contribution in [0.5, 0.6) is 0 Å². The van der Waals surface area contributed by atoms with Crippen LogP contribution in [0.1, 0.15) is 9.75 Å². The Kier molecular flexibility index (Phi) is 3.89. The Morgan fingerprint density at radius 3 is 2.43 bits per heavy atom. The van der Waals surface area contributed by atoms with Gasteiger partial charge in [0.2, 0.25) is 0 Å². The maximum atomic E-state index is 12.4. The fraction of sp³-hybridized carbons (Fsp3) is 0.0667. The Morgan fingerprint density at radius 1 is 1.10 bits per heavy atom. The molecule has 2 aromatic rings. The van der Waals surface area contributed by atoms with Crippen molar-refractivity contribution in [3.05, 3.63) is 56.1 Å². The summed E-state index contributed by atoms with van der Waals surface area (Å²) >= 11 is 8.37. The van der Waals surface area contributed by atoms with Gasteiger partial charge in [-0.1, -0.05) is 11.6 Å². The SMILES string of the molecule is Cc1ccc(C=C2SC(=O)N(c3ccc(Cl)cc3)C2=O)s1.